The predicted octanol–water partition coefficient (Wildman–Crippen LogP) is 10.3. The Morgan fingerprint density at radius 3 is 2.38 bits per heavy atom. The summed E-state index contributed by atoms with van der Waals surface area (Å²) in [7, 11) is 0. The summed E-state index contributed by atoms with van der Waals surface area (Å²) < 4.78 is 103. The normalized spacial score (nSPS) is 27.0. The standard InChI is InChI=1S/C46H50F6N2O7/c1-6-44(58)22-20-33-30-15-13-26-24-27(14-16-28(26)29(30)19-21-43(33,44)5)59-37(55)17-18-38(56)60-40(35-12-7-8-23-54(35)41(57)61-42(2,3)4)32-25-36(46(50,51)52)53-39-31(32)10-9-11-34(39)45(47,48)49/h1,9-11,14,16,24-25,29-30,33,35,40,58H,7-8,12-13,15,17-23H2,2-5H3/t29-,30-,33+,35?,40?,43+,44+/m1/s1. The van der Waals surface area contributed by atoms with Crippen LogP contribution in [0.3, 0.4) is 0 Å². The van der Waals surface area contributed by atoms with Crippen LogP contribution in [0.2, 0.25) is 0 Å². The monoisotopic (exact) mass is 856 g/mol. The number of para-hydroxylation sites is 1. The number of fused-ring (bicyclic) bond motifs is 6. The molecule has 0 bridgehead atoms. The van der Waals surface area contributed by atoms with Crippen molar-refractivity contribution in [2.24, 2.45) is 17.3 Å². The van der Waals surface area contributed by atoms with Gasteiger partial charge >= 0.3 is 30.4 Å². The van der Waals surface area contributed by atoms with E-state index in [4.69, 9.17) is 20.6 Å². The van der Waals surface area contributed by atoms with Crippen molar-refractivity contribution in [1.29, 1.82) is 0 Å². The molecule has 3 aliphatic carbocycles. The Morgan fingerprint density at radius 2 is 1.69 bits per heavy atom. The van der Waals surface area contributed by atoms with Crippen molar-refractivity contribution < 1.29 is 60.0 Å². The Hall–Kier alpha value is -4.84. The molecule has 1 aliphatic heterocycles. The van der Waals surface area contributed by atoms with Gasteiger partial charge in [-0.2, -0.15) is 26.3 Å². The first kappa shape index (κ1) is 44.2. The van der Waals surface area contributed by atoms with Crippen LogP contribution in [0.15, 0.2) is 42.5 Å². The van der Waals surface area contributed by atoms with Crippen LogP contribution in [0, 0.1) is 29.6 Å². The number of amides is 1. The Labute approximate surface area is 350 Å². The van der Waals surface area contributed by atoms with Crippen LogP contribution in [0.4, 0.5) is 31.1 Å². The lowest BCUT2D eigenvalue weighted by Gasteiger charge is -2.52. The van der Waals surface area contributed by atoms with Gasteiger partial charge < -0.3 is 24.2 Å². The number of benzene rings is 2. The number of terminal acetylenes is 1. The van der Waals surface area contributed by atoms with Crippen molar-refractivity contribution >= 4 is 28.9 Å². The maximum atomic E-state index is 14.3. The number of ether oxygens (including phenoxy) is 3. The van der Waals surface area contributed by atoms with E-state index in [1.807, 2.05) is 12.1 Å². The maximum absolute atomic E-state index is 14.3. The number of pyridine rings is 1. The fourth-order valence-electron chi connectivity index (χ4n) is 10.5. The highest BCUT2D eigenvalue weighted by Gasteiger charge is 2.61. The molecule has 2 aromatic carbocycles. The van der Waals surface area contributed by atoms with E-state index in [-0.39, 0.29) is 41.4 Å². The fraction of sp³-hybridized carbons (Fsp3) is 0.565. The topological polar surface area (TPSA) is 115 Å². The third kappa shape index (κ3) is 8.66. The van der Waals surface area contributed by atoms with Crippen molar-refractivity contribution in [2.45, 2.75) is 140 Å². The van der Waals surface area contributed by atoms with E-state index in [0.29, 0.717) is 37.3 Å². The fourth-order valence-corrected chi connectivity index (χ4v) is 10.5. The molecule has 61 heavy (non-hydrogen) atoms. The number of esters is 2. The highest BCUT2D eigenvalue weighted by Crippen LogP contribution is 2.64. The number of aromatic nitrogens is 1. The zero-order chi connectivity index (χ0) is 44.3. The van der Waals surface area contributed by atoms with Crippen LogP contribution in [-0.2, 0) is 37.8 Å². The van der Waals surface area contributed by atoms with Crippen molar-refractivity contribution in [3.05, 3.63) is 70.4 Å². The molecule has 1 aromatic heterocycles. The van der Waals surface area contributed by atoms with E-state index in [0.717, 1.165) is 49.8 Å². The van der Waals surface area contributed by atoms with E-state index >= 15 is 0 Å². The minimum Gasteiger partial charge on any atom is -0.455 e. The number of carbonyl (C=O) groups excluding carboxylic acids is 3. The van der Waals surface area contributed by atoms with E-state index in [2.05, 4.69) is 17.8 Å². The van der Waals surface area contributed by atoms with Gasteiger partial charge in [-0.3, -0.25) is 9.59 Å². The summed E-state index contributed by atoms with van der Waals surface area (Å²) in [5, 5.41) is 10.9. The zero-order valence-electron chi connectivity index (χ0n) is 34.5. The smallest absolute Gasteiger partial charge is 0.433 e. The van der Waals surface area contributed by atoms with E-state index < -0.39 is 88.9 Å². The van der Waals surface area contributed by atoms with Gasteiger partial charge in [0.1, 0.15) is 28.7 Å². The first-order valence-corrected chi connectivity index (χ1v) is 20.8. The molecule has 7 atom stereocenters. The lowest BCUT2D eigenvalue weighted by Crippen LogP contribution is -2.50. The van der Waals surface area contributed by atoms with Crippen molar-refractivity contribution in [3.8, 4) is 18.1 Å². The number of hydrogen-bond acceptors (Lipinski definition) is 8. The van der Waals surface area contributed by atoms with Crippen molar-refractivity contribution in [1.82, 2.24) is 9.88 Å². The number of hydrogen-bond donors (Lipinski definition) is 1. The second-order valence-corrected chi connectivity index (χ2v) is 18.2. The number of aryl methyl sites for hydroxylation is 1. The Morgan fingerprint density at radius 1 is 0.951 bits per heavy atom. The molecule has 9 nitrogen and oxygen atoms in total. The second kappa shape index (κ2) is 16.1. The summed E-state index contributed by atoms with van der Waals surface area (Å²) in [4.78, 5) is 44.9. The molecule has 15 heteroatoms. The number of alkyl halides is 6. The summed E-state index contributed by atoms with van der Waals surface area (Å²) in [6, 6.07) is 7.65. The lowest BCUT2D eigenvalue weighted by molar-refractivity contribution is -0.156. The zero-order valence-corrected chi connectivity index (χ0v) is 34.5. The van der Waals surface area contributed by atoms with Crippen molar-refractivity contribution in [2.75, 3.05) is 6.54 Å². The summed E-state index contributed by atoms with van der Waals surface area (Å²) in [6.07, 6.45) is -2.34. The number of rotatable bonds is 7. The minimum atomic E-state index is -5.20. The van der Waals surface area contributed by atoms with Crippen molar-refractivity contribution in [3.63, 3.8) is 0 Å². The van der Waals surface area contributed by atoms with E-state index in [1.165, 1.54) is 10.5 Å². The quantitative estimate of drug-likeness (QED) is 0.108. The second-order valence-electron chi connectivity index (χ2n) is 18.2. The van der Waals surface area contributed by atoms with Gasteiger partial charge in [-0.05, 0) is 132 Å². The van der Waals surface area contributed by atoms with Crippen LogP contribution in [0.25, 0.3) is 10.9 Å². The molecule has 0 spiro atoms. The van der Waals surface area contributed by atoms with Crippen LogP contribution in [0.5, 0.6) is 5.75 Å². The van der Waals surface area contributed by atoms with Gasteiger partial charge in [-0.1, -0.05) is 31.0 Å². The van der Waals surface area contributed by atoms with Gasteiger partial charge in [-0.15, -0.1) is 6.42 Å². The third-order valence-electron chi connectivity index (χ3n) is 13.4. The number of likely N-dealkylation sites (tertiary alicyclic amines) is 1. The maximum Gasteiger partial charge on any atom is 0.433 e. The molecule has 3 fully saturated rings. The Kier molecular flexibility index (Phi) is 11.7. The lowest BCUT2D eigenvalue weighted by atomic mass is 9.53. The first-order valence-electron chi connectivity index (χ1n) is 20.8. The number of aliphatic hydroxyl groups is 1. The molecular weight excluding hydrogens is 807 g/mol. The van der Waals surface area contributed by atoms with Gasteiger partial charge in [0.25, 0.3) is 0 Å². The summed E-state index contributed by atoms with van der Waals surface area (Å²) >= 11 is 0. The molecule has 1 amide bonds. The summed E-state index contributed by atoms with van der Waals surface area (Å²) in [5.74, 6) is 2.05. The molecule has 4 aliphatic rings. The Balaban J connectivity index is 1.12. The highest BCUT2D eigenvalue weighted by atomic mass is 19.4. The molecule has 2 heterocycles. The minimum absolute atomic E-state index is 0.0696. The van der Waals surface area contributed by atoms with E-state index in [9.17, 15) is 45.8 Å². The number of piperidine rings is 1. The number of halogens is 6. The highest BCUT2D eigenvalue weighted by molar-refractivity contribution is 5.87. The predicted molar refractivity (Wildman–Crippen MR) is 211 cm³/mol. The Bertz CT molecular complexity index is 2250. The average molecular weight is 857 g/mol. The first-order chi connectivity index (χ1) is 28.5. The largest absolute Gasteiger partial charge is 0.455 e. The van der Waals surface area contributed by atoms with Crippen LogP contribution < -0.4 is 4.74 Å². The molecule has 3 aromatic rings. The molecule has 2 saturated carbocycles. The van der Waals surface area contributed by atoms with Gasteiger partial charge in [0, 0.05) is 22.9 Å². The average Bonchev–Trinajstić information content (AvgIpc) is 3.47. The van der Waals surface area contributed by atoms with Gasteiger partial charge in [0.15, 0.2) is 0 Å². The number of nitrogens with zero attached hydrogens (tertiary/aromatic N) is 2. The summed E-state index contributed by atoms with van der Waals surface area (Å²) in [5.41, 5.74) is -4.73. The van der Waals surface area contributed by atoms with Gasteiger partial charge in [0.2, 0.25) is 0 Å². The van der Waals surface area contributed by atoms with Gasteiger partial charge in [-0.25, -0.2) is 9.78 Å². The SMILES string of the molecule is C#C[C@]1(O)CC[C@H]2[C@@H]3CCc4cc(OC(=O)CCC(=O)OC(c5cc(C(F)(F)F)nc6c(C(F)(F)F)cccc56)C5CCCCN5C(=O)OC(C)(C)C)ccc4[C@H]3CC[C@@]21C. The molecule has 328 valence electrons. The third-order valence-corrected chi connectivity index (χ3v) is 13.4. The molecule has 0 radical (unpaired) electrons. The van der Waals surface area contributed by atoms with Crippen LogP contribution in [-0.4, -0.2) is 56.8 Å². The van der Waals surface area contributed by atoms with Gasteiger partial charge in [0.05, 0.1) is 30.0 Å². The molecular formula is C46H50F6N2O7. The number of carbonyl (C=O) groups is 3. The van der Waals surface area contributed by atoms with Crippen LogP contribution in [0.1, 0.15) is 132 Å². The molecule has 1 N–H and O–H groups in total. The molecule has 1 saturated heterocycles. The molecule has 2 unspecified atom stereocenters. The van der Waals surface area contributed by atoms with Crippen LogP contribution >= 0.6 is 0 Å². The summed E-state index contributed by atoms with van der Waals surface area (Å²) in [6.45, 7) is 7.04. The van der Waals surface area contributed by atoms with E-state index in [1.54, 1.807) is 26.8 Å². The molecule has 7 rings (SSSR count).